The Morgan fingerprint density at radius 2 is 1.76 bits per heavy atom. The second kappa shape index (κ2) is 9.40. The van der Waals surface area contributed by atoms with Crippen LogP contribution in [-0.2, 0) is 19.7 Å². The molecule has 1 aromatic rings. The number of morpholine rings is 1. The van der Waals surface area contributed by atoms with Gasteiger partial charge in [0.2, 0.25) is 5.91 Å². The van der Waals surface area contributed by atoms with Crippen molar-refractivity contribution in [2.45, 2.75) is 33.0 Å². The highest BCUT2D eigenvalue weighted by Gasteiger charge is 2.36. The van der Waals surface area contributed by atoms with Crippen molar-refractivity contribution in [2.24, 2.45) is 0 Å². The van der Waals surface area contributed by atoms with Crippen molar-refractivity contribution < 1.29 is 17.9 Å². The van der Waals surface area contributed by atoms with Crippen LogP contribution in [0.1, 0.15) is 19.4 Å². The van der Waals surface area contributed by atoms with Crippen LogP contribution in [0.3, 0.4) is 0 Å². The molecule has 1 N–H and O–H groups in total. The largest absolute Gasteiger partial charge is 0.373 e. The van der Waals surface area contributed by atoms with Crippen molar-refractivity contribution in [3.8, 4) is 0 Å². The van der Waals surface area contributed by atoms with Crippen molar-refractivity contribution in [1.82, 2.24) is 13.5 Å². The number of carbonyl (C=O) groups is 1. The molecule has 10 heteroatoms. The number of hydrogen-bond acceptors (Lipinski definition) is 5. The monoisotopic (exact) mass is 488 g/mol. The summed E-state index contributed by atoms with van der Waals surface area (Å²) < 4.78 is 35.4. The van der Waals surface area contributed by atoms with Crippen LogP contribution in [0.15, 0.2) is 22.7 Å². The first-order chi connectivity index (χ1) is 13.6. The summed E-state index contributed by atoms with van der Waals surface area (Å²) in [5, 5.41) is 2.91. The van der Waals surface area contributed by atoms with Crippen LogP contribution >= 0.6 is 15.9 Å². The predicted molar refractivity (Wildman–Crippen MR) is 116 cm³/mol. The zero-order valence-electron chi connectivity index (χ0n) is 17.1. The highest BCUT2D eigenvalue weighted by atomic mass is 79.9. The van der Waals surface area contributed by atoms with Crippen molar-refractivity contribution in [1.29, 1.82) is 0 Å². The summed E-state index contributed by atoms with van der Waals surface area (Å²) in [4.78, 5) is 14.4. The summed E-state index contributed by atoms with van der Waals surface area (Å²) in [5.41, 5.74) is 1.84. The maximum atomic E-state index is 13.0. The number of aryl methyl sites for hydroxylation is 1. The minimum atomic E-state index is -3.51. The average Bonchev–Trinajstić information content (AvgIpc) is 2.64. The van der Waals surface area contributed by atoms with E-state index in [-0.39, 0.29) is 24.7 Å². The molecular weight excluding hydrogens is 460 g/mol. The van der Waals surface area contributed by atoms with Gasteiger partial charge in [-0.25, -0.2) is 0 Å². The van der Waals surface area contributed by atoms with Gasteiger partial charge in [0, 0.05) is 43.7 Å². The number of halogens is 1. The third kappa shape index (κ3) is 5.77. The number of nitrogens with one attached hydrogen (secondary N) is 1. The molecule has 29 heavy (non-hydrogen) atoms. The SMILES string of the molecule is Cc1ccc(NC(=O)CN2CCN(S(=O)(=O)N3CC(C)OC(C)C3)CC2)c(Br)c1. The highest BCUT2D eigenvalue weighted by Crippen LogP contribution is 2.23. The lowest BCUT2D eigenvalue weighted by Gasteiger charge is -2.40. The summed E-state index contributed by atoms with van der Waals surface area (Å²) >= 11 is 3.46. The van der Waals surface area contributed by atoms with Crippen LogP contribution in [0.25, 0.3) is 0 Å². The quantitative estimate of drug-likeness (QED) is 0.681. The second-order valence-corrected chi connectivity index (χ2v) is 10.6. The predicted octanol–water partition coefficient (Wildman–Crippen LogP) is 1.67. The van der Waals surface area contributed by atoms with E-state index in [0.29, 0.717) is 39.3 Å². The first-order valence-corrected chi connectivity index (χ1v) is 12.0. The maximum Gasteiger partial charge on any atom is 0.282 e. The molecule has 2 unspecified atom stereocenters. The molecule has 0 radical (unpaired) electrons. The molecule has 0 spiro atoms. The minimum absolute atomic E-state index is 0.110. The van der Waals surface area contributed by atoms with Gasteiger partial charge < -0.3 is 10.1 Å². The third-order valence-corrected chi connectivity index (χ3v) is 7.76. The van der Waals surface area contributed by atoms with Gasteiger partial charge >= 0.3 is 0 Å². The number of piperazine rings is 1. The Hall–Kier alpha value is -1.04. The molecule has 2 saturated heterocycles. The molecular formula is C19H29BrN4O4S. The molecule has 0 saturated carbocycles. The fourth-order valence-electron chi connectivity index (χ4n) is 3.72. The zero-order chi connectivity index (χ0) is 21.2. The normalized spacial score (nSPS) is 25.1. The van der Waals surface area contributed by atoms with Crippen molar-refractivity contribution in [3.05, 3.63) is 28.2 Å². The van der Waals surface area contributed by atoms with Crippen molar-refractivity contribution in [2.75, 3.05) is 51.1 Å². The lowest BCUT2D eigenvalue weighted by Crippen LogP contribution is -2.57. The van der Waals surface area contributed by atoms with E-state index in [0.717, 1.165) is 15.7 Å². The number of amides is 1. The van der Waals surface area contributed by atoms with Gasteiger partial charge in [0.1, 0.15) is 0 Å². The summed E-state index contributed by atoms with van der Waals surface area (Å²) in [6.07, 6.45) is -0.223. The number of nitrogens with zero attached hydrogens (tertiary/aromatic N) is 3. The maximum absolute atomic E-state index is 13.0. The fourth-order valence-corrected chi connectivity index (χ4v) is 6.06. The first-order valence-electron chi connectivity index (χ1n) is 9.84. The molecule has 162 valence electrons. The van der Waals surface area contributed by atoms with Gasteiger partial charge in [-0.15, -0.1) is 0 Å². The van der Waals surface area contributed by atoms with E-state index in [1.54, 1.807) is 0 Å². The van der Waals surface area contributed by atoms with Gasteiger partial charge in [-0.1, -0.05) is 6.07 Å². The summed E-state index contributed by atoms with van der Waals surface area (Å²) in [7, 11) is -3.51. The highest BCUT2D eigenvalue weighted by molar-refractivity contribution is 9.10. The molecule has 2 fully saturated rings. The lowest BCUT2D eigenvalue weighted by molar-refractivity contribution is -0.117. The summed E-state index contributed by atoms with van der Waals surface area (Å²) in [5.74, 6) is -0.110. The Bertz CT molecular complexity index is 833. The number of anilines is 1. The standard InChI is InChI=1S/C19H29BrN4O4S/c1-14-4-5-18(17(20)10-14)21-19(25)13-22-6-8-23(9-7-22)29(26,27)24-11-15(2)28-16(3)12-24/h4-5,10,15-16H,6-9,11-13H2,1-3H3,(H,21,25). The third-order valence-electron chi connectivity index (χ3n) is 5.14. The molecule has 8 nitrogen and oxygen atoms in total. The van der Waals surface area contributed by atoms with Gasteiger partial charge in [-0.05, 0) is 54.4 Å². The van der Waals surface area contributed by atoms with E-state index in [2.05, 4.69) is 21.2 Å². The summed E-state index contributed by atoms with van der Waals surface area (Å²) in [6.45, 7) is 8.56. The number of benzene rings is 1. The van der Waals surface area contributed by atoms with Gasteiger partial charge in [-0.2, -0.15) is 17.0 Å². The Balaban J connectivity index is 1.51. The average molecular weight is 489 g/mol. The molecule has 1 aromatic carbocycles. The molecule has 3 rings (SSSR count). The molecule has 2 atom stereocenters. The Morgan fingerprint density at radius 1 is 1.14 bits per heavy atom. The van der Waals surface area contributed by atoms with Gasteiger partial charge in [-0.3, -0.25) is 9.69 Å². The van der Waals surface area contributed by atoms with E-state index in [1.165, 1.54) is 8.61 Å². The molecule has 0 bridgehead atoms. The number of hydrogen-bond donors (Lipinski definition) is 1. The van der Waals surface area contributed by atoms with Crippen LogP contribution in [0.4, 0.5) is 5.69 Å². The van der Waals surface area contributed by atoms with Crippen LogP contribution in [0.2, 0.25) is 0 Å². The van der Waals surface area contributed by atoms with Crippen LogP contribution in [0, 0.1) is 6.92 Å². The Labute approximate surface area is 181 Å². The molecule has 0 aliphatic carbocycles. The number of ether oxygens (including phenoxy) is 1. The van der Waals surface area contributed by atoms with Crippen molar-refractivity contribution in [3.63, 3.8) is 0 Å². The molecule has 2 heterocycles. The van der Waals surface area contributed by atoms with Gasteiger partial charge in [0.25, 0.3) is 10.2 Å². The van der Waals surface area contributed by atoms with Crippen LogP contribution < -0.4 is 5.32 Å². The van der Waals surface area contributed by atoms with E-state index >= 15 is 0 Å². The number of rotatable bonds is 5. The fraction of sp³-hybridized carbons (Fsp3) is 0.632. The van der Waals surface area contributed by atoms with E-state index in [4.69, 9.17) is 4.74 Å². The molecule has 1 amide bonds. The van der Waals surface area contributed by atoms with E-state index < -0.39 is 10.2 Å². The van der Waals surface area contributed by atoms with Crippen LogP contribution in [-0.4, -0.2) is 85.9 Å². The first kappa shape index (κ1) is 22.6. The smallest absolute Gasteiger partial charge is 0.282 e. The lowest BCUT2D eigenvalue weighted by atomic mass is 10.2. The topological polar surface area (TPSA) is 82.2 Å². The zero-order valence-corrected chi connectivity index (χ0v) is 19.5. The van der Waals surface area contributed by atoms with E-state index in [1.807, 2.05) is 43.9 Å². The second-order valence-electron chi connectivity index (χ2n) is 7.79. The molecule has 0 aromatic heterocycles. The number of carbonyl (C=O) groups excluding carboxylic acids is 1. The van der Waals surface area contributed by atoms with Gasteiger partial charge in [0.05, 0.1) is 24.4 Å². The van der Waals surface area contributed by atoms with Gasteiger partial charge in [0.15, 0.2) is 0 Å². The Morgan fingerprint density at radius 3 is 2.34 bits per heavy atom. The molecule has 2 aliphatic rings. The van der Waals surface area contributed by atoms with Crippen LogP contribution in [0.5, 0.6) is 0 Å². The van der Waals surface area contributed by atoms with E-state index in [9.17, 15) is 13.2 Å². The minimum Gasteiger partial charge on any atom is -0.373 e. The Kier molecular flexibility index (Phi) is 7.34. The molecule has 2 aliphatic heterocycles. The van der Waals surface area contributed by atoms with Crippen molar-refractivity contribution >= 4 is 37.7 Å². The summed E-state index contributed by atoms with van der Waals surface area (Å²) in [6, 6.07) is 5.76.